The minimum absolute atomic E-state index is 0.225. The number of likely N-dealkylation sites (tertiary alicyclic amines) is 1. The highest BCUT2D eigenvalue weighted by atomic mass is 17.2. The van der Waals surface area contributed by atoms with E-state index >= 15 is 0 Å². The predicted octanol–water partition coefficient (Wildman–Crippen LogP) is 1.74. The number of hydrogen-bond donors (Lipinski definition) is 1. The summed E-state index contributed by atoms with van der Waals surface area (Å²) < 4.78 is 0. The van der Waals surface area contributed by atoms with Gasteiger partial charge in [0.05, 0.1) is 17.3 Å². The van der Waals surface area contributed by atoms with E-state index < -0.39 is 6.09 Å². The number of nitrogens with zero attached hydrogens (tertiary/aromatic N) is 4. The van der Waals surface area contributed by atoms with Crippen LogP contribution in [0.4, 0.5) is 4.79 Å². The maximum absolute atomic E-state index is 12.7. The van der Waals surface area contributed by atoms with Crippen LogP contribution >= 0.6 is 0 Å². The minimum atomic E-state index is -0.468. The zero-order valence-electron chi connectivity index (χ0n) is 15.5. The van der Waals surface area contributed by atoms with Crippen molar-refractivity contribution in [1.29, 1.82) is 0 Å². The molecule has 0 saturated carbocycles. The Bertz CT molecular complexity index is 797. The molecule has 27 heavy (non-hydrogen) atoms. The molecule has 2 atom stereocenters. The average Bonchev–Trinajstić information content (AvgIpc) is 3.12. The Kier molecular flexibility index (Phi) is 5.47. The van der Waals surface area contributed by atoms with Gasteiger partial charge >= 0.3 is 6.09 Å². The third-order valence-electron chi connectivity index (χ3n) is 5.43. The lowest BCUT2D eigenvalue weighted by molar-refractivity contribution is -0.254. The molecule has 2 saturated heterocycles. The first kappa shape index (κ1) is 18.1. The number of nitrogens with one attached hydrogen (secondary N) is 1. The van der Waals surface area contributed by atoms with E-state index in [2.05, 4.69) is 27.2 Å². The van der Waals surface area contributed by atoms with Gasteiger partial charge in [-0.15, -0.1) is 0 Å². The van der Waals surface area contributed by atoms with Crippen LogP contribution in [0.1, 0.15) is 24.6 Å². The molecule has 2 aliphatic rings. The highest BCUT2D eigenvalue weighted by Gasteiger charge is 2.32. The summed E-state index contributed by atoms with van der Waals surface area (Å²) in [6.07, 6.45) is 3.29. The molecule has 0 radical (unpaired) electrons. The van der Waals surface area contributed by atoms with Crippen molar-refractivity contribution in [3.63, 3.8) is 0 Å². The van der Waals surface area contributed by atoms with Crippen LogP contribution in [-0.2, 0) is 9.78 Å². The number of likely N-dealkylation sites (N-methyl/N-ethyl adjacent to an activating group) is 1. The van der Waals surface area contributed by atoms with E-state index in [-0.39, 0.29) is 6.04 Å². The molecule has 2 fully saturated rings. The standard InChI is InChI=1S/C19H25N5O3/c1-23-9-4-5-14(23)12-26-27-19(25)24-10-8-20-11-17(24)18-15-6-2-3-7-16(15)21-13-22-18/h2-3,6-7,13-14,17,20H,4-5,8-12H2,1H3/t14-,17?/m0/s1. The zero-order chi connectivity index (χ0) is 18.6. The molecular formula is C19H25N5O3. The van der Waals surface area contributed by atoms with Gasteiger partial charge in [-0.1, -0.05) is 18.2 Å². The van der Waals surface area contributed by atoms with Crippen molar-refractivity contribution in [2.75, 3.05) is 39.8 Å². The topological polar surface area (TPSA) is 79.8 Å². The molecule has 0 spiro atoms. The van der Waals surface area contributed by atoms with Crippen LogP contribution in [0.2, 0.25) is 0 Å². The Morgan fingerprint density at radius 2 is 2.19 bits per heavy atom. The van der Waals surface area contributed by atoms with Gasteiger partial charge in [0, 0.05) is 31.1 Å². The van der Waals surface area contributed by atoms with Crippen LogP contribution in [0, 0.1) is 0 Å². The number of carbonyl (C=O) groups excluding carboxylic acids is 1. The summed E-state index contributed by atoms with van der Waals surface area (Å²) in [5.74, 6) is 0. The third-order valence-corrected chi connectivity index (χ3v) is 5.43. The summed E-state index contributed by atoms with van der Waals surface area (Å²) in [6.45, 7) is 3.31. The van der Waals surface area contributed by atoms with Gasteiger partial charge in [-0.25, -0.2) is 14.8 Å². The van der Waals surface area contributed by atoms with Gasteiger partial charge in [0.1, 0.15) is 12.9 Å². The first-order chi connectivity index (χ1) is 13.2. The van der Waals surface area contributed by atoms with E-state index in [1.54, 1.807) is 11.2 Å². The molecule has 3 heterocycles. The number of aromatic nitrogens is 2. The molecule has 1 N–H and O–H groups in total. The predicted molar refractivity (Wildman–Crippen MR) is 99.9 cm³/mol. The second-order valence-electron chi connectivity index (χ2n) is 7.10. The number of piperazine rings is 1. The molecule has 8 nitrogen and oxygen atoms in total. The fraction of sp³-hybridized carbons (Fsp3) is 0.526. The number of para-hydroxylation sites is 1. The Hall–Kier alpha value is -2.29. The van der Waals surface area contributed by atoms with Crippen molar-refractivity contribution >= 4 is 17.0 Å². The molecule has 0 aliphatic carbocycles. The maximum atomic E-state index is 12.7. The van der Waals surface area contributed by atoms with Gasteiger partial charge in [-0.2, -0.15) is 4.89 Å². The Balaban J connectivity index is 1.46. The first-order valence-corrected chi connectivity index (χ1v) is 9.44. The van der Waals surface area contributed by atoms with Crippen molar-refractivity contribution in [2.45, 2.75) is 24.9 Å². The van der Waals surface area contributed by atoms with Crippen LogP contribution in [0.15, 0.2) is 30.6 Å². The van der Waals surface area contributed by atoms with E-state index in [0.717, 1.165) is 36.0 Å². The Morgan fingerprint density at radius 3 is 3.04 bits per heavy atom. The molecule has 1 amide bonds. The lowest BCUT2D eigenvalue weighted by Crippen LogP contribution is -2.49. The van der Waals surface area contributed by atoms with E-state index in [1.165, 1.54) is 0 Å². The smallest absolute Gasteiger partial charge is 0.313 e. The largest absolute Gasteiger partial charge is 0.441 e. The maximum Gasteiger partial charge on any atom is 0.441 e. The number of rotatable bonds is 4. The van der Waals surface area contributed by atoms with Crippen LogP contribution in [-0.4, -0.2) is 71.7 Å². The number of carbonyl (C=O) groups is 1. The highest BCUT2D eigenvalue weighted by Crippen LogP contribution is 2.27. The van der Waals surface area contributed by atoms with Crippen molar-refractivity contribution in [3.05, 3.63) is 36.3 Å². The summed E-state index contributed by atoms with van der Waals surface area (Å²) >= 11 is 0. The molecular weight excluding hydrogens is 346 g/mol. The molecule has 1 aromatic heterocycles. The van der Waals surface area contributed by atoms with Crippen LogP contribution in [0.3, 0.4) is 0 Å². The normalized spacial score (nSPS) is 23.7. The van der Waals surface area contributed by atoms with Crippen LogP contribution in [0.25, 0.3) is 10.9 Å². The third kappa shape index (κ3) is 3.87. The molecule has 2 aromatic rings. The minimum Gasteiger partial charge on any atom is -0.313 e. The van der Waals surface area contributed by atoms with Crippen LogP contribution in [0.5, 0.6) is 0 Å². The monoisotopic (exact) mass is 371 g/mol. The van der Waals surface area contributed by atoms with Gasteiger partial charge in [-0.3, -0.25) is 9.79 Å². The van der Waals surface area contributed by atoms with E-state index in [0.29, 0.717) is 32.3 Å². The molecule has 2 aliphatic heterocycles. The molecule has 1 aromatic carbocycles. The molecule has 1 unspecified atom stereocenters. The molecule has 8 heteroatoms. The van der Waals surface area contributed by atoms with E-state index in [9.17, 15) is 4.79 Å². The van der Waals surface area contributed by atoms with Crippen LogP contribution < -0.4 is 5.32 Å². The first-order valence-electron chi connectivity index (χ1n) is 9.44. The van der Waals surface area contributed by atoms with Crippen molar-refractivity contribution in [2.24, 2.45) is 0 Å². The number of amides is 1. The summed E-state index contributed by atoms with van der Waals surface area (Å²) in [7, 11) is 2.06. The fourth-order valence-electron chi connectivity index (χ4n) is 3.86. The van der Waals surface area contributed by atoms with E-state index in [4.69, 9.17) is 9.78 Å². The van der Waals surface area contributed by atoms with Crippen molar-refractivity contribution in [3.8, 4) is 0 Å². The second kappa shape index (κ2) is 8.16. The molecule has 4 rings (SSSR count). The quantitative estimate of drug-likeness (QED) is 0.648. The summed E-state index contributed by atoms with van der Waals surface area (Å²) in [5, 5.41) is 4.28. The van der Waals surface area contributed by atoms with Gasteiger partial charge in [0.25, 0.3) is 0 Å². The van der Waals surface area contributed by atoms with Crippen molar-refractivity contribution < 1.29 is 14.6 Å². The Labute approximate surface area is 158 Å². The van der Waals surface area contributed by atoms with Gasteiger partial charge in [-0.05, 0) is 32.5 Å². The lowest BCUT2D eigenvalue weighted by atomic mass is 10.0. The Morgan fingerprint density at radius 1 is 1.30 bits per heavy atom. The van der Waals surface area contributed by atoms with Crippen molar-refractivity contribution in [1.82, 2.24) is 25.1 Å². The summed E-state index contributed by atoms with van der Waals surface area (Å²) in [4.78, 5) is 35.8. The zero-order valence-corrected chi connectivity index (χ0v) is 15.5. The fourth-order valence-corrected chi connectivity index (χ4v) is 3.86. The molecule has 0 bridgehead atoms. The molecule has 144 valence electrons. The van der Waals surface area contributed by atoms with Gasteiger partial charge < -0.3 is 10.2 Å². The highest BCUT2D eigenvalue weighted by molar-refractivity contribution is 5.81. The number of hydrogen-bond acceptors (Lipinski definition) is 7. The number of benzene rings is 1. The lowest BCUT2D eigenvalue weighted by Gasteiger charge is -2.34. The second-order valence-corrected chi connectivity index (χ2v) is 7.10. The average molecular weight is 371 g/mol. The summed E-state index contributed by atoms with van der Waals surface area (Å²) in [5.41, 5.74) is 1.68. The number of fused-ring (bicyclic) bond motifs is 1. The van der Waals surface area contributed by atoms with E-state index in [1.807, 2.05) is 24.3 Å². The van der Waals surface area contributed by atoms with Gasteiger partial charge in [0.2, 0.25) is 0 Å². The van der Waals surface area contributed by atoms with Gasteiger partial charge in [0.15, 0.2) is 0 Å². The SMILES string of the molecule is CN1CCC[C@H]1COOC(=O)N1CCNCC1c1ncnc2ccccc12. The summed E-state index contributed by atoms with van der Waals surface area (Å²) in [6, 6.07) is 7.91.